The Bertz CT molecular complexity index is 742. The van der Waals surface area contributed by atoms with Gasteiger partial charge in [-0.05, 0) is 60.2 Å². The molecule has 1 atom stereocenters. The number of benzene rings is 2. The Labute approximate surface area is 124 Å². The van der Waals surface area contributed by atoms with E-state index in [4.69, 9.17) is 5.73 Å². The number of nitrogens with zero attached hydrogens (tertiary/aromatic N) is 1. The normalized spacial score (nSPS) is 12.7. The zero-order chi connectivity index (χ0) is 14.8. The highest BCUT2D eigenvalue weighted by Crippen LogP contribution is 2.20. The van der Waals surface area contributed by atoms with Crippen LogP contribution in [0.25, 0.3) is 10.9 Å². The Morgan fingerprint density at radius 3 is 2.48 bits per heavy atom. The summed E-state index contributed by atoms with van der Waals surface area (Å²) in [6.45, 7) is 2.83. The van der Waals surface area contributed by atoms with E-state index < -0.39 is 0 Å². The number of aromatic hydroxyl groups is 1. The Kier molecular flexibility index (Phi) is 3.67. The van der Waals surface area contributed by atoms with Gasteiger partial charge in [-0.25, -0.2) is 0 Å². The molecule has 0 spiro atoms. The van der Waals surface area contributed by atoms with Gasteiger partial charge in [0.05, 0.1) is 0 Å². The Morgan fingerprint density at radius 2 is 1.76 bits per heavy atom. The van der Waals surface area contributed by atoms with E-state index in [-0.39, 0.29) is 6.04 Å². The molecule has 3 N–H and O–H groups in total. The van der Waals surface area contributed by atoms with Gasteiger partial charge in [0.1, 0.15) is 5.75 Å². The molecule has 1 aromatic heterocycles. The Balaban J connectivity index is 1.88. The van der Waals surface area contributed by atoms with Crippen molar-refractivity contribution in [3.05, 3.63) is 65.9 Å². The molecule has 0 aliphatic heterocycles. The summed E-state index contributed by atoms with van der Waals surface area (Å²) in [5.74, 6) is 0.302. The van der Waals surface area contributed by atoms with E-state index in [1.807, 2.05) is 19.1 Å². The van der Waals surface area contributed by atoms with Crippen molar-refractivity contribution in [2.45, 2.75) is 25.9 Å². The molecule has 108 valence electrons. The Hall–Kier alpha value is -2.26. The zero-order valence-corrected chi connectivity index (χ0v) is 12.2. The maximum atomic E-state index is 9.34. The van der Waals surface area contributed by atoms with E-state index in [0.717, 1.165) is 13.0 Å². The summed E-state index contributed by atoms with van der Waals surface area (Å²) in [7, 11) is 0. The molecule has 0 fully saturated rings. The number of nitrogens with two attached hydrogens (primary N) is 1. The molecule has 0 amide bonds. The van der Waals surface area contributed by atoms with Crippen LogP contribution in [0.1, 0.15) is 18.1 Å². The van der Waals surface area contributed by atoms with Gasteiger partial charge >= 0.3 is 0 Å². The van der Waals surface area contributed by atoms with Gasteiger partial charge in [-0.15, -0.1) is 0 Å². The molecule has 3 aromatic rings. The van der Waals surface area contributed by atoms with Crippen molar-refractivity contribution in [2.24, 2.45) is 5.73 Å². The molecule has 3 rings (SSSR count). The van der Waals surface area contributed by atoms with Crippen molar-refractivity contribution in [3.63, 3.8) is 0 Å². The highest BCUT2D eigenvalue weighted by Gasteiger charge is 2.04. The summed E-state index contributed by atoms with van der Waals surface area (Å²) < 4.78 is 2.22. The molecule has 3 heteroatoms. The second kappa shape index (κ2) is 5.62. The third-order valence-electron chi connectivity index (χ3n) is 3.68. The highest BCUT2D eigenvalue weighted by molar-refractivity contribution is 5.81. The summed E-state index contributed by atoms with van der Waals surface area (Å²) >= 11 is 0. The van der Waals surface area contributed by atoms with Crippen LogP contribution in [0.5, 0.6) is 5.75 Å². The summed E-state index contributed by atoms with van der Waals surface area (Å²) in [6, 6.07) is 16.2. The summed E-state index contributed by atoms with van der Waals surface area (Å²) in [5, 5.41) is 10.6. The van der Waals surface area contributed by atoms with Gasteiger partial charge in [-0.3, -0.25) is 0 Å². The minimum atomic E-state index is 0.182. The number of phenols is 1. The molecule has 0 aliphatic rings. The number of hydrogen-bond acceptors (Lipinski definition) is 2. The molecular formula is C18H20N2O. The van der Waals surface area contributed by atoms with Crippen LogP contribution in [0, 0.1) is 0 Å². The van der Waals surface area contributed by atoms with Crippen LogP contribution in [0.15, 0.2) is 54.7 Å². The first kappa shape index (κ1) is 13.7. The van der Waals surface area contributed by atoms with Crippen LogP contribution < -0.4 is 5.73 Å². The van der Waals surface area contributed by atoms with Crippen molar-refractivity contribution < 1.29 is 5.11 Å². The SMILES string of the molecule is CC(N)Cc1ccc2c(ccn2Cc2ccc(O)cc2)c1. The molecular weight excluding hydrogens is 260 g/mol. The lowest BCUT2D eigenvalue weighted by Gasteiger charge is -2.08. The minimum absolute atomic E-state index is 0.182. The van der Waals surface area contributed by atoms with Crippen LogP contribution in [0.4, 0.5) is 0 Å². The molecule has 0 saturated heterocycles. The number of phenolic OH excluding ortho intramolecular Hbond substituents is 1. The third-order valence-corrected chi connectivity index (χ3v) is 3.68. The fraction of sp³-hybridized carbons (Fsp3) is 0.222. The second-order valence-electron chi connectivity index (χ2n) is 5.68. The number of hydrogen-bond donors (Lipinski definition) is 2. The molecule has 2 aromatic carbocycles. The van der Waals surface area contributed by atoms with Gasteiger partial charge in [0.15, 0.2) is 0 Å². The van der Waals surface area contributed by atoms with Gasteiger partial charge in [-0.2, -0.15) is 0 Å². The van der Waals surface area contributed by atoms with E-state index in [1.165, 1.54) is 22.0 Å². The molecule has 1 heterocycles. The van der Waals surface area contributed by atoms with E-state index in [0.29, 0.717) is 5.75 Å². The van der Waals surface area contributed by atoms with Gasteiger partial charge < -0.3 is 15.4 Å². The Morgan fingerprint density at radius 1 is 1.05 bits per heavy atom. The quantitative estimate of drug-likeness (QED) is 0.770. The van der Waals surface area contributed by atoms with Crippen LogP contribution in [-0.4, -0.2) is 15.7 Å². The maximum absolute atomic E-state index is 9.34. The van der Waals surface area contributed by atoms with Crippen LogP contribution in [-0.2, 0) is 13.0 Å². The standard InChI is InChI=1S/C18H20N2O/c1-13(19)10-15-4-7-18-16(11-15)8-9-20(18)12-14-2-5-17(21)6-3-14/h2-9,11,13,21H,10,12,19H2,1H3. The molecule has 3 nitrogen and oxygen atoms in total. The van der Waals surface area contributed by atoms with Crippen molar-refractivity contribution in [1.82, 2.24) is 4.57 Å². The van der Waals surface area contributed by atoms with E-state index in [1.54, 1.807) is 12.1 Å². The average molecular weight is 280 g/mol. The predicted molar refractivity (Wildman–Crippen MR) is 86.5 cm³/mol. The monoisotopic (exact) mass is 280 g/mol. The first-order valence-electron chi connectivity index (χ1n) is 7.23. The van der Waals surface area contributed by atoms with Gasteiger partial charge in [0.2, 0.25) is 0 Å². The topological polar surface area (TPSA) is 51.2 Å². The minimum Gasteiger partial charge on any atom is -0.508 e. The van der Waals surface area contributed by atoms with Gasteiger partial charge in [0.25, 0.3) is 0 Å². The summed E-state index contributed by atoms with van der Waals surface area (Å²) in [4.78, 5) is 0. The first-order valence-corrected chi connectivity index (χ1v) is 7.23. The van der Waals surface area contributed by atoms with Crippen molar-refractivity contribution in [1.29, 1.82) is 0 Å². The maximum Gasteiger partial charge on any atom is 0.115 e. The lowest BCUT2D eigenvalue weighted by atomic mass is 10.1. The zero-order valence-electron chi connectivity index (χ0n) is 12.2. The van der Waals surface area contributed by atoms with Crippen molar-refractivity contribution >= 4 is 10.9 Å². The first-order chi connectivity index (χ1) is 10.1. The average Bonchev–Trinajstić information content (AvgIpc) is 2.83. The number of rotatable bonds is 4. The summed E-state index contributed by atoms with van der Waals surface area (Å²) in [6.07, 6.45) is 3.01. The smallest absolute Gasteiger partial charge is 0.115 e. The predicted octanol–water partition coefficient (Wildman–Crippen LogP) is 3.28. The number of fused-ring (bicyclic) bond motifs is 1. The van der Waals surface area contributed by atoms with Crippen LogP contribution in [0.3, 0.4) is 0 Å². The molecule has 0 aliphatic carbocycles. The molecule has 0 bridgehead atoms. The molecule has 0 radical (unpaired) electrons. The largest absolute Gasteiger partial charge is 0.508 e. The molecule has 0 saturated carbocycles. The fourth-order valence-corrected chi connectivity index (χ4v) is 2.68. The molecule has 1 unspecified atom stereocenters. The molecule has 21 heavy (non-hydrogen) atoms. The van der Waals surface area contributed by atoms with E-state index in [2.05, 4.69) is 35.0 Å². The lowest BCUT2D eigenvalue weighted by Crippen LogP contribution is -2.17. The van der Waals surface area contributed by atoms with Gasteiger partial charge in [0, 0.05) is 24.3 Å². The number of aromatic nitrogens is 1. The van der Waals surface area contributed by atoms with Crippen molar-refractivity contribution in [2.75, 3.05) is 0 Å². The van der Waals surface area contributed by atoms with Crippen LogP contribution in [0.2, 0.25) is 0 Å². The fourth-order valence-electron chi connectivity index (χ4n) is 2.68. The summed E-state index contributed by atoms with van der Waals surface area (Å²) in [5.41, 5.74) is 9.53. The van der Waals surface area contributed by atoms with Gasteiger partial charge in [-0.1, -0.05) is 18.2 Å². The van der Waals surface area contributed by atoms with Crippen molar-refractivity contribution in [3.8, 4) is 5.75 Å². The van der Waals surface area contributed by atoms with E-state index in [9.17, 15) is 5.11 Å². The highest BCUT2D eigenvalue weighted by atomic mass is 16.3. The second-order valence-corrected chi connectivity index (χ2v) is 5.68. The third kappa shape index (κ3) is 3.09. The van der Waals surface area contributed by atoms with Crippen LogP contribution >= 0.6 is 0 Å². The van der Waals surface area contributed by atoms with E-state index >= 15 is 0 Å². The lowest BCUT2D eigenvalue weighted by molar-refractivity contribution is 0.475.